The van der Waals surface area contributed by atoms with E-state index in [0.717, 1.165) is 27.7 Å². The first-order valence-electron chi connectivity index (χ1n) is 6.67. The number of hydrogen-bond donors (Lipinski definition) is 1. The fourth-order valence-electron chi connectivity index (χ4n) is 2.70. The predicted octanol–water partition coefficient (Wildman–Crippen LogP) is 3.24. The van der Waals surface area contributed by atoms with Crippen molar-refractivity contribution in [3.63, 3.8) is 0 Å². The van der Waals surface area contributed by atoms with Crippen LogP contribution in [0.25, 0.3) is 33.3 Å². The largest absolute Gasteiger partial charge is 0.360 e. The summed E-state index contributed by atoms with van der Waals surface area (Å²) in [6.07, 6.45) is 1.85. The summed E-state index contributed by atoms with van der Waals surface area (Å²) in [6, 6.07) is 13.6. The molecule has 0 aliphatic carbocycles. The van der Waals surface area contributed by atoms with Crippen LogP contribution in [0.1, 0.15) is 11.7 Å². The Labute approximate surface area is 120 Å². The summed E-state index contributed by atoms with van der Waals surface area (Å²) in [6.45, 7) is 1.53. The van der Waals surface area contributed by atoms with Gasteiger partial charge in [0, 0.05) is 23.9 Å². The van der Waals surface area contributed by atoms with Gasteiger partial charge in [0.05, 0.1) is 11.2 Å². The van der Waals surface area contributed by atoms with Gasteiger partial charge in [-0.15, -0.1) is 10.2 Å². The molecule has 1 N–H and O–H groups in total. The maximum absolute atomic E-state index is 11.9. The van der Waals surface area contributed by atoms with E-state index >= 15 is 0 Å². The number of nitrogens with zero attached hydrogens (tertiary/aromatic N) is 3. The van der Waals surface area contributed by atoms with Gasteiger partial charge in [-0.05, 0) is 24.3 Å². The fourth-order valence-corrected chi connectivity index (χ4v) is 2.70. The third-order valence-corrected chi connectivity index (χ3v) is 3.61. The van der Waals surface area contributed by atoms with E-state index in [9.17, 15) is 4.79 Å². The van der Waals surface area contributed by atoms with Crippen LogP contribution < -0.4 is 0 Å². The highest BCUT2D eigenvalue weighted by molar-refractivity contribution is 6.12. The van der Waals surface area contributed by atoms with E-state index in [4.69, 9.17) is 0 Å². The van der Waals surface area contributed by atoms with E-state index in [1.54, 1.807) is 4.57 Å². The van der Waals surface area contributed by atoms with Gasteiger partial charge in [0.15, 0.2) is 5.65 Å². The number of benzene rings is 1. The maximum atomic E-state index is 11.9. The standard InChI is InChI=1S/C16H12N4O/c1-10(21)20-15-7-3-2-5-11(15)12-9-14(18-19-16(12)20)13-6-4-8-17-13/h2-9,17H,1H3. The van der Waals surface area contributed by atoms with Gasteiger partial charge in [-0.25, -0.2) is 0 Å². The number of aromatic nitrogens is 4. The Morgan fingerprint density at radius 1 is 1.10 bits per heavy atom. The van der Waals surface area contributed by atoms with Gasteiger partial charge in [-0.3, -0.25) is 9.36 Å². The van der Waals surface area contributed by atoms with Crippen LogP contribution in [0.3, 0.4) is 0 Å². The Hall–Kier alpha value is -2.95. The van der Waals surface area contributed by atoms with Gasteiger partial charge in [-0.1, -0.05) is 18.2 Å². The van der Waals surface area contributed by atoms with Crippen LogP contribution in [-0.2, 0) is 0 Å². The van der Waals surface area contributed by atoms with Crippen molar-refractivity contribution in [2.24, 2.45) is 0 Å². The summed E-state index contributed by atoms with van der Waals surface area (Å²) < 4.78 is 1.61. The highest BCUT2D eigenvalue weighted by Gasteiger charge is 2.15. The topological polar surface area (TPSA) is 63.6 Å². The van der Waals surface area contributed by atoms with Gasteiger partial charge in [0.2, 0.25) is 5.91 Å². The SMILES string of the molecule is CC(=O)n1c2ccccc2c2cc(-c3ccc[nH]3)nnc21. The fraction of sp³-hybridized carbons (Fsp3) is 0.0625. The predicted molar refractivity (Wildman–Crippen MR) is 81.1 cm³/mol. The molecule has 0 saturated heterocycles. The van der Waals surface area contributed by atoms with Gasteiger partial charge in [0.1, 0.15) is 5.69 Å². The summed E-state index contributed by atoms with van der Waals surface area (Å²) >= 11 is 0. The summed E-state index contributed by atoms with van der Waals surface area (Å²) in [5.41, 5.74) is 3.12. The molecule has 0 radical (unpaired) electrons. The van der Waals surface area contributed by atoms with Crippen molar-refractivity contribution in [1.29, 1.82) is 0 Å². The van der Waals surface area contributed by atoms with E-state index in [1.165, 1.54) is 6.92 Å². The number of aromatic amines is 1. The number of rotatable bonds is 1. The molecular weight excluding hydrogens is 264 g/mol. The summed E-state index contributed by atoms with van der Waals surface area (Å²) in [5.74, 6) is -0.0666. The van der Waals surface area contributed by atoms with Crippen LogP contribution in [0.2, 0.25) is 0 Å². The van der Waals surface area contributed by atoms with Gasteiger partial charge in [-0.2, -0.15) is 0 Å². The summed E-state index contributed by atoms with van der Waals surface area (Å²) in [5, 5.41) is 10.4. The number of para-hydroxylation sites is 1. The molecule has 4 aromatic rings. The molecule has 1 aromatic carbocycles. The van der Waals surface area contributed by atoms with Crippen LogP contribution in [0.4, 0.5) is 0 Å². The molecule has 3 heterocycles. The monoisotopic (exact) mass is 276 g/mol. The molecule has 0 atom stereocenters. The van der Waals surface area contributed by atoms with Crippen molar-refractivity contribution in [2.75, 3.05) is 0 Å². The number of nitrogens with one attached hydrogen (secondary N) is 1. The quantitative estimate of drug-likeness (QED) is 0.580. The molecule has 0 aliphatic rings. The Kier molecular flexibility index (Phi) is 2.41. The van der Waals surface area contributed by atoms with Crippen molar-refractivity contribution in [3.05, 3.63) is 48.7 Å². The van der Waals surface area contributed by atoms with Gasteiger partial charge < -0.3 is 4.98 Å². The second-order valence-corrected chi connectivity index (χ2v) is 4.92. The average molecular weight is 276 g/mol. The normalized spacial score (nSPS) is 11.3. The molecule has 0 fully saturated rings. The lowest BCUT2D eigenvalue weighted by Crippen LogP contribution is -2.06. The van der Waals surface area contributed by atoms with Gasteiger partial charge >= 0.3 is 0 Å². The van der Waals surface area contributed by atoms with Crippen molar-refractivity contribution in [3.8, 4) is 11.4 Å². The number of hydrogen-bond acceptors (Lipinski definition) is 3. The second-order valence-electron chi connectivity index (χ2n) is 4.92. The van der Waals surface area contributed by atoms with Crippen LogP contribution in [0.15, 0.2) is 48.7 Å². The second kappa shape index (κ2) is 4.28. The Bertz CT molecular complexity index is 967. The first-order chi connectivity index (χ1) is 10.3. The molecule has 0 bridgehead atoms. The van der Waals surface area contributed by atoms with E-state index in [1.807, 2.05) is 48.7 Å². The highest BCUT2D eigenvalue weighted by Crippen LogP contribution is 2.29. The number of carbonyl (C=O) groups excluding carboxylic acids is 1. The van der Waals surface area contributed by atoms with E-state index in [0.29, 0.717) is 5.65 Å². The number of carbonyl (C=O) groups is 1. The number of fused-ring (bicyclic) bond motifs is 3. The molecule has 21 heavy (non-hydrogen) atoms. The molecule has 0 saturated carbocycles. The zero-order valence-corrected chi connectivity index (χ0v) is 11.4. The Morgan fingerprint density at radius 3 is 2.71 bits per heavy atom. The van der Waals surface area contributed by atoms with E-state index in [-0.39, 0.29) is 5.91 Å². The minimum Gasteiger partial charge on any atom is -0.360 e. The van der Waals surface area contributed by atoms with Crippen LogP contribution >= 0.6 is 0 Å². The van der Waals surface area contributed by atoms with Crippen molar-refractivity contribution in [2.45, 2.75) is 6.92 Å². The molecule has 5 nitrogen and oxygen atoms in total. The zero-order chi connectivity index (χ0) is 14.4. The van der Waals surface area contributed by atoms with E-state index in [2.05, 4.69) is 15.2 Å². The first-order valence-corrected chi connectivity index (χ1v) is 6.67. The minimum absolute atomic E-state index is 0.0666. The maximum Gasteiger partial charge on any atom is 0.229 e. The lowest BCUT2D eigenvalue weighted by molar-refractivity contribution is 0.0945. The first kappa shape index (κ1) is 11.8. The molecule has 4 rings (SSSR count). The van der Waals surface area contributed by atoms with Crippen LogP contribution in [-0.4, -0.2) is 25.7 Å². The smallest absolute Gasteiger partial charge is 0.229 e. The molecule has 0 spiro atoms. The van der Waals surface area contributed by atoms with E-state index < -0.39 is 0 Å². The Morgan fingerprint density at radius 2 is 1.95 bits per heavy atom. The third kappa shape index (κ3) is 1.67. The molecule has 0 aliphatic heterocycles. The summed E-state index contributed by atoms with van der Waals surface area (Å²) in [7, 11) is 0. The molecule has 0 unspecified atom stereocenters. The van der Waals surface area contributed by atoms with Gasteiger partial charge in [0.25, 0.3) is 0 Å². The lowest BCUT2D eigenvalue weighted by Gasteiger charge is -2.00. The molecule has 0 amide bonds. The average Bonchev–Trinajstić information content (AvgIpc) is 3.12. The van der Waals surface area contributed by atoms with Crippen molar-refractivity contribution >= 4 is 27.8 Å². The van der Waals surface area contributed by atoms with Crippen molar-refractivity contribution < 1.29 is 4.79 Å². The molecular formula is C16H12N4O. The summed E-state index contributed by atoms with van der Waals surface area (Å²) in [4.78, 5) is 15.1. The Balaban J connectivity index is 2.12. The molecule has 102 valence electrons. The van der Waals surface area contributed by atoms with Crippen LogP contribution in [0, 0.1) is 0 Å². The number of H-pyrrole nitrogens is 1. The third-order valence-electron chi connectivity index (χ3n) is 3.61. The molecule has 5 heteroatoms. The van der Waals surface area contributed by atoms with Crippen LogP contribution in [0.5, 0.6) is 0 Å². The molecule has 3 aromatic heterocycles. The van der Waals surface area contributed by atoms with Crippen molar-refractivity contribution in [1.82, 2.24) is 19.7 Å². The lowest BCUT2D eigenvalue weighted by atomic mass is 10.2. The minimum atomic E-state index is -0.0666. The highest BCUT2D eigenvalue weighted by atomic mass is 16.1. The zero-order valence-electron chi connectivity index (χ0n) is 11.4.